The smallest absolute Gasteiger partial charge is 0.306 e. The lowest BCUT2D eigenvalue weighted by molar-refractivity contribution is -0.387. The van der Waals surface area contributed by atoms with E-state index < -0.39 is 32.0 Å². The molecule has 118 valence electrons. The van der Waals surface area contributed by atoms with Gasteiger partial charge in [-0.25, -0.2) is 13.1 Å². The predicted octanol–water partition coefficient (Wildman–Crippen LogP) is 1.48. The number of hydrogen-bond acceptors (Lipinski definition) is 5. The maximum atomic E-state index is 13.4. The summed E-state index contributed by atoms with van der Waals surface area (Å²) >= 11 is 0. The standard InChI is InChI=1S/C12H17FN2O5S/c1-8-6-9(13)10(15(17)18)7-11(8)21(19,20)14-12(2,3)4-5-16/h6-7,14,16H,4-5H2,1-3H3. The Balaban J connectivity index is 3.32. The minimum atomic E-state index is -4.08. The minimum Gasteiger partial charge on any atom is -0.396 e. The molecule has 0 unspecified atom stereocenters. The molecule has 9 heteroatoms. The number of aryl methyl sites for hydroxylation is 1. The summed E-state index contributed by atoms with van der Waals surface area (Å²) in [6.45, 7) is 4.25. The molecule has 0 amide bonds. The SMILES string of the molecule is Cc1cc(F)c([N+](=O)[O-])cc1S(=O)(=O)NC(C)(C)CCO. The van der Waals surface area contributed by atoms with Gasteiger partial charge in [-0.05, 0) is 38.8 Å². The monoisotopic (exact) mass is 320 g/mol. The highest BCUT2D eigenvalue weighted by Gasteiger charge is 2.29. The van der Waals surface area contributed by atoms with Crippen LogP contribution >= 0.6 is 0 Å². The molecule has 0 bridgehead atoms. The van der Waals surface area contributed by atoms with Gasteiger partial charge in [0.1, 0.15) is 0 Å². The largest absolute Gasteiger partial charge is 0.396 e. The van der Waals surface area contributed by atoms with Crippen LogP contribution in [-0.2, 0) is 10.0 Å². The quantitative estimate of drug-likeness (QED) is 0.609. The molecule has 0 aliphatic heterocycles. The van der Waals surface area contributed by atoms with E-state index in [9.17, 15) is 22.9 Å². The van der Waals surface area contributed by atoms with Crippen molar-refractivity contribution in [1.29, 1.82) is 0 Å². The number of sulfonamides is 1. The topological polar surface area (TPSA) is 110 Å². The maximum Gasteiger partial charge on any atom is 0.306 e. The van der Waals surface area contributed by atoms with Crippen molar-refractivity contribution in [2.75, 3.05) is 6.61 Å². The van der Waals surface area contributed by atoms with Crippen LogP contribution < -0.4 is 4.72 Å². The van der Waals surface area contributed by atoms with Gasteiger partial charge in [0, 0.05) is 18.2 Å². The Hall–Kier alpha value is -1.58. The van der Waals surface area contributed by atoms with Crippen LogP contribution in [0.15, 0.2) is 17.0 Å². The zero-order valence-electron chi connectivity index (χ0n) is 11.9. The van der Waals surface area contributed by atoms with Crippen molar-refractivity contribution in [2.24, 2.45) is 0 Å². The second-order valence-electron chi connectivity index (χ2n) is 5.29. The number of nitrogens with one attached hydrogen (secondary N) is 1. The first-order valence-electron chi connectivity index (χ1n) is 6.09. The van der Waals surface area contributed by atoms with Gasteiger partial charge in [0.15, 0.2) is 0 Å². The third-order valence-electron chi connectivity index (χ3n) is 2.88. The molecule has 21 heavy (non-hydrogen) atoms. The summed E-state index contributed by atoms with van der Waals surface area (Å²) in [6, 6.07) is 1.51. The Bertz CT molecular complexity index is 658. The van der Waals surface area contributed by atoms with Crippen molar-refractivity contribution in [1.82, 2.24) is 4.72 Å². The van der Waals surface area contributed by atoms with Gasteiger partial charge in [0.2, 0.25) is 15.8 Å². The summed E-state index contributed by atoms with van der Waals surface area (Å²) < 4.78 is 40.4. The van der Waals surface area contributed by atoms with Crippen LogP contribution in [0.4, 0.5) is 10.1 Å². The number of aliphatic hydroxyl groups excluding tert-OH is 1. The van der Waals surface area contributed by atoms with Gasteiger partial charge in [0.25, 0.3) is 0 Å². The highest BCUT2D eigenvalue weighted by atomic mass is 32.2. The van der Waals surface area contributed by atoms with Gasteiger partial charge in [-0.1, -0.05) is 0 Å². The van der Waals surface area contributed by atoms with E-state index in [1.54, 1.807) is 13.8 Å². The molecule has 0 atom stereocenters. The summed E-state index contributed by atoms with van der Waals surface area (Å²) in [5, 5.41) is 19.6. The summed E-state index contributed by atoms with van der Waals surface area (Å²) in [5.74, 6) is -1.09. The van der Waals surface area contributed by atoms with Gasteiger partial charge in [-0.15, -0.1) is 0 Å². The third-order valence-corrected chi connectivity index (χ3v) is 4.72. The molecule has 1 aromatic carbocycles. The lowest BCUT2D eigenvalue weighted by atomic mass is 10.0. The number of hydrogen-bond donors (Lipinski definition) is 2. The van der Waals surface area contributed by atoms with E-state index in [4.69, 9.17) is 5.11 Å². The Kier molecular flexibility index (Phi) is 5.03. The Labute approximate surface area is 122 Å². The van der Waals surface area contributed by atoms with Gasteiger partial charge in [-0.2, -0.15) is 4.39 Å². The molecule has 0 heterocycles. The van der Waals surface area contributed by atoms with Crippen molar-refractivity contribution >= 4 is 15.7 Å². The van der Waals surface area contributed by atoms with Crippen LogP contribution in [0.5, 0.6) is 0 Å². The lowest BCUT2D eigenvalue weighted by Crippen LogP contribution is -2.44. The van der Waals surface area contributed by atoms with Gasteiger partial charge in [0.05, 0.1) is 9.82 Å². The number of rotatable bonds is 6. The molecule has 0 saturated heterocycles. The first-order chi connectivity index (χ1) is 9.50. The van der Waals surface area contributed by atoms with Crippen molar-refractivity contribution in [3.63, 3.8) is 0 Å². The molecular weight excluding hydrogens is 303 g/mol. The summed E-state index contributed by atoms with van der Waals surface area (Å²) in [4.78, 5) is 9.38. The zero-order valence-corrected chi connectivity index (χ0v) is 12.7. The number of nitro benzene ring substituents is 1. The fraction of sp³-hybridized carbons (Fsp3) is 0.500. The van der Waals surface area contributed by atoms with Crippen molar-refractivity contribution in [3.8, 4) is 0 Å². The van der Waals surface area contributed by atoms with Gasteiger partial charge in [-0.3, -0.25) is 10.1 Å². The molecule has 0 fully saturated rings. The van der Waals surface area contributed by atoms with Crippen LogP contribution in [0.3, 0.4) is 0 Å². The fourth-order valence-electron chi connectivity index (χ4n) is 1.82. The highest BCUT2D eigenvalue weighted by Crippen LogP contribution is 2.26. The average molecular weight is 320 g/mol. The average Bonchev–Trinajstić information content (AvgIpc) is 2.25. The van der Waals surface area contributed by atoms with Crippen LogP contribution in [0.25, 0.3) is 0 Å². The molecular formula is C12H17FN2O5S. The summed E-state index contributed by atoms with van der Waals surface area (Å²) in [7, 11) is -4.08. The fourth-order valence-corrected chi connectivity index (χ4v) is 3.51. The zero-order chi connectivity index (χ0) is 16.4. The van der Waals surface area contributed by atoms with E-state index in [0.29, 0.717) is 6.07 Å². The number of nitrogens with zero attached hydrogens (tertiary/aromatic N) is 1. The Morgan fingerprint density at radius 2 is 2.00 bits per heavy atom. The molecule has 0 aliphatic rings. The molecule has 7 nitrogen and oxygen atoms in total. The van der Waals surface area contributed by atoms with Crippen molar-refractivity contribution in [3.05, 3.63) is 33.6 Å². The first-order valence-corrected chi connectivity index (χ1v) is 7.58. The van der Waals surface area contributed by atoms with Gasteiger partial charge >= 0.3 is 5.69 Å². The molecule has 0 spiro atoms. The van der Waals surface area contributed by atoms with E-state index in [1.807, 2.05) is 0 Å². The highest BCUT2D eigenvalue weighted by molar-refractivity contribution is 7.89. The number of halogens is 1. The molecule has 2 N–H and O–H groups in total. The second kappa shape index (κ2) is 6.04. The Morgan fingerprint density at radius 3 is 2.48 bits per heavy atom. The van der Waals surface area contributed by atoms with E-state index in [0.717, 1.165) is 6.07 Å². The number of nitro groups is 1. The second-order valence-corrected chi connectivity index (χ2v) is 6.94. The Morgan fingerprint density at radius 1 is 1.43 bits per heavy atom. The predicted molar refractivity (Wildman–Crippen MR) is 73.9 cm³/mol. The number of benzene rings is 1. The van der Waals surface area contributed by atoms with E-state index in [2.05, 4.69) is 4.72 Å². The molecule has 0 aliphatic carbocycles. The van der Waals surface area contributed by atoms with Gasteiger partial charge < -0.3 is 5.11 Å². The molecule has 0 radical (unpaired) electrons. The molecule has 1 rings (SSSR count). The van der Waals surface area contributed by atoms with Crippen molar-refractivity contribution in [2.45, 2.75) is 37.6 Å². The molecule has 1 aromatic rings. The van der Waals surface area contributed by atoms with Crippen LogP contribution in [-0.4, -0.2) is 30.6 Å². The van der Waals surface area contributed by atoms with Crippen LogP contribution in [0.2, 0.25) is 0 Å². The van der Waals surface area contributed by atoms with E-state index in [-0.39, 0.29) is 23.5 Å². The summed E-state index contributed by atoms with van der Waals surface area (Å²) in [6.07, 6.45) is 0.161. The maximum absolute atomic E-state index is 13.4. The molecule has 0 saturated carbocycles. The number of aliphatic hydroxyl groups is 1. The third kappa shape index (κ3) is 4.19. The van der Waals surface area contributed by atoms with E-state index >= 15 is 0 Å². The van der Waals surface area contributed by atoms with E-state index in [1.165, 1.54) is 6.92 Å². The normalized spacial score (nSPS) is 12.4. The van der Waals surface area contributed by atoms with Crippen molar-refractivity contribution < 1.29 is 22.8 Å². The summed E-state index contributed by atoms with van der Waals surface area (Å²) in [5.41, 5.74) is -1.78. The molecule has 0 aromatic heterocycles. The van der Waals surface area contributed by atoms with Crippen LogP contribution in [0, 0.1) is 22.9 Å². The minimum absolute atomic E-state index is 0.0606. The first kappa shape index (κ1) is 17.5. The lowest BCUT2D eigenvalue weighted by Gasteiger charge is -2.25. The van der Waals surface area contributed by atoms with Crippen LogP contribution in [0.1, 0.15) is 25.8 Å².